The van der Waals surface area contributed by atoms with E-state index >= 15 is 0 Å². The van der Waals surface area contributed by atoms with Crippen molar-refractivity contribution in [1.82, 2.24) is 0 Å². The molecule has 0 N–H and O–H groups in total. The minimum absolute atomic E-state index is 0.102. The molecule has 0 atom stereocenters. The van der Waals surface area contributed by atoms with E-state index in [1.54, 1.807) is 0 Å². The molecular formula is C14H16O. The van der Waals surface area contributed by atoms with Crippen LogP contribution in [0, 0.1) is 5.41 Å². The fraction of sp³-hybridized carbons (Fsp3) is 0.500. The topological polar surface area (TPSA) is 17.1 Å². The molecule has 0 spiro atoms. The molecule has 3 fully saturated rings. The Morgan fingerprint density at radius 3 is 2.33 bits per heavy atom. The van der Waals surface area contributed by atoms with E-state index in [2.05, 4.69) is 30.3 Å². The van der Waals surface area contributed by atoms with Crippen LogP contribution in [0.2, 0.25) is 0 Å². The van der Waals surface area contributed by atoms with Crippen LogP contribution in [0.1, 0.15) is 38.2 Å². The molecule has 2 bridgehead atoms. The van der Waals surface area contributed by atoms with Crippen LogP contribution >= 0.6 is 0 Å². The number of carbonyl (C=O) groups excluding carboxylic acids is 1. The lowest BCUT2D eigenvalue weighted by Gasteiger charge is -2.70. The van der Waals surface area contributed by atoms with Gasteiger partial charge >= 0.3 is 0 Å². The first-order valence-corrected chi connectivity index (χ1v) is 5.80. The van der Waals surface area contributed by atoms with Crippen LogP contribution in [-0.2, 0) is 10.2 Å². The van der Waals surface area contributed by atoms with Crippen LogP contribution in [0.5, 0.6) is 0 Å². The SMILES string of the molecule is CCC(=O)C12CC(c3ccccc3)(C1)C2. The summed E-state index contributed by atoms with van der Waals surface area (Å²) in [5.41, 5.74) is 1.92. The third kappa shape index (κ3) is 1.01. The average molecular weight is 200 g/mol. The van der Waals surface area contributed by atoms with Gasteiger partial charge in [0.2, 0.25) is 0 Å². The number of carbonyl (C=O) groups is 1. The molecule has 0 heterocycles. The van der Waals surface area contributed by atoms with Crippen molar-refractivity contribution >= 4 is 5.78 Å². The summed E-state index contributed by atoms with van der Waals surface area (Å²) < 4.78 is 0. The summed E-state index contributed by atoms with van der Waals surface area (Å²) in [6.45, 7) is 1.98. The zero-order valence-corrected chi connectivity index (χ0v) is 9.12. The maximum absolute atomic E-state index is 11.7. The Labute approximate surface area is 90.5 Å². The van der Waals surface area contributed by atoms with Gasteiger partial charge in [-0.2, -0.15) is 0 Å². The Hall–Kier alpha value is -1.11. The molecule has 3 saturated carbocycles. The maximum Gasteiger partial charge on any atom is 0.138 e. The van der Waals surface area contributed by atoms with Crippen molar-refractivity contribution < 1.29 is 4.79 Å². The van der Waals surface area contributed by atoms with Gasteiger partial charge < -0.3 is 0 Å². The summed E-state index contributed by atoms with van der Waals surface area (Å²) in [5, 5.41) is 0. The lowest BCUT2D eigenvalue weighted by molar-refractivity contribution is -0.173. The standard InChI is InChI=1S/C14H16O/c1-2-12(15)14-8-13(9-14,10-14)11-6-4-3-5-7-11/h3-7H,2,8-10H2,1H3. The van der Waals surface area contributed by atoms with E-state index in [-0.39, 0.29) is 5.41 Å². The molecule has 1 aromatic carbocycles. The highest BCUT2D eigenvalue weighted by Crippen LogP contribution is 2.74. The minimum Gasteiger partial charge on any atom is -0.299 e. The molecule has 15 heavy (non-hydrogen) atoms. The summed E-state index contributed by atoms with van der Waals surface area (Å²) in [6, 6.07) is 10.7. The zero-order valence-electron chi connectivity index (χ0n) is 9.12. The van der Waals surface area contributed by atoms with Gasteiger partial charge in [0.15, 0.2) is 0 Å². The molecule has 1 aromatic rings. The van der Waals surface area contributed by atoms with Crippen molar-refractivity contribution in [2.45, 2.75) is 38.0 Å². The van der Waals surface area contributed by atoms with E-state index in [4.69, 9.17) is 0 Å². The summed E-state index contributed by atoms with van der Waals surface area (Å²) in [5.74, 6) is 0.486. The predicted octanol–water partition coefficient (Wildman–Crippen LogP) is 3.09. The first kappa shape index (κ1) is 9.14. The van der Waals surface area contributed by atoms with E-state index in [0.29, 0.717) is 17.6 Å². The van der Waals surface area contributed by atoms with E-state index in [9.17, 15) is 4.79 Å². The zero-order chi connectivity index (χ0) is 10.5. The van der Waals surface area contributed by atoms with Gasteiger partial charge in [0.05, 0.1) is 0 Å². The number of Topliss-reactive ketones (excluding diaryl/α,β-unsaturated/α-hetero) is 1. The van der Waals surface area contributed by atoms with E-state index < -0.39 is 0 Å². The van der Waals surface area contributed by atoms with Gasteiger partial charge in [-0.25, -0.2) is 0 Å². The molecule has 3 aliphatic carbocycles. The monoisotopic (exact) mass is 200 g/mol. The number of benzene rings is 1. The van der Waals surface area contributed by atoms with Gasteiger partial charge in [0.1, 0.15) is 5.78 Å². The van der Waals surface area contributed by atoms with Crippen molar-refractivity contribution in [3.05, 3.63) is 35.9 Å². The molecule has 0 amide bonds. The second-order valence-corrected chi connectivity index (χ2v) is 5.23. The van der Waals surface area contributed by atoms with Gasteiger partial charge in [-0.3, -0.25) is 4.79 Å². The highest BCUT2D eigenvalue weighted by atomic mass is 16.1. The second-order valence-electron chi connectivity index (χ2n) is 5.23. The van der Waals surface area contributed by atoms with E-state index in [1.165, 1.54) is 5.56 Å². The van der Waals surface area contributed by atoms with Gasteiger partial charge in [-0.15, -0.1) is 0 Å². The quantitative estimate of drug-likeness (QED) is 0.732. The Balaban J connectivity index is 1.79. The van der Waals surface area contributed by atoms with Gasteiger partial charge in [-0.05, 0) is 30.2 Å². The second kappa shape index (κ2) is 2.72. The summed E-state index contributed by atoms with van der Waals surface area (Å²) in [6.07, 6.45) is 4.04. The Bertz CT molecular complexity index is 385. The summed E-state index contributed by atoms with van der Waals surface area (Å²) in [4.78, 5) is 11.7. The molecule has 78 valence electrons. The van der Waals surface area contributed by atoms with E-state index in [0.717, 1.165) is 19.3 Å². The highest BCUT2D eigenvalue weighted by molar-refractivity contribution is 5.89. The number of ketones is 1. The molecule has 3 aliphatic rings. The number of hydrogen-bond acceptors (Lipinski definition) is 1. The normalized spacial score (nSPS) is 36.6. The molecule has 1 nitrogen and oxygen atoms in total. The Kier molecular flexibility index (Phi) is 1.66. The molecule has 4 rings (SSSR count). The lowest BCUT2D eigenvalue weighted by atomic mass is 9.32. The lowest BCUT2D eigenvalue weighted by Crippen LogP contribution is -2.67. The summed E-state index contributed by atoms with van der Waals surface area (Å²) in [7, 11) is 0. The first-order chi connectivity index (χ1) is 7.21. The number of hydrogen-bond donors (Lipinski definition) is 0. The molecule has 1 heteroatoms. The van der Waals surface area contributed by atoms with Crippen molar-refractivity contribution in [2.75, 3.05) is 0 Å². The molecular weight excluding hydrogens is 184 g/mol. The van der Waals surface area contributed by atoms with Crippen LogP contribution in [0.3, 0.4) is 0 Å². The van der Waals surface area contributed by atoms with Gasteiger partial charge in [-0.1, -0.05) is 37.3 Å². The molecule has 0 aromatic heterocycles. The van der Waals surface area contributed by atoms with Crippen molar-refractivity contribution in [2.24, 2.45) is 5.41 Å². The van der Waals surface area contributed by atoms with Crippen LogP contribution in [0.15, 0.2) is 30.3 Å². The third-order valence-corrected chi connectivity index (χ3v) is 4.33. The van der Waals surface area contributed by atoms with Crippen LogP contribution in [-0.4, -0.2) is 5.78 Å². The van der Waals surface area contributed by atoms with Crippen molar-refractivity contribution in [3.63, 3.8) is 0 Å². The average Bonchev–Trinajstić information content (AvgIpc) is 2.15. The van der Waals surface area contributed by atoms with Crippen LogP contribution in [0.4, 0.5) is 0 Å². The van der Waals surface area contributed by atoms with Crippen molar-refractivity contribution in [3.8, 4) is 0 Å². The molecule has 0 aliphatic heterocycles. The first-order valence-electron chi connectivity index (χ1n) is 5.80. The predicted molar refractivity (Wildman–Crippen MR) is 59.7 cm³/mol. The largest absolute Gasteiger partial charge is 0.299 e. The van der Waals surface area contributed by atoms with Crippen molar-refractivity contribution in [1.29, 1.82) is 0 Å². The smallest absolute Gasteiger partial charge is 0.138 e. The van der Waals surface area contributed by atoms with Crippen LogP contribution < -0.4 is 0 Å². The molecule has 0 radical (unpaired) electrons. The molecule has 0 saturated heterocycles. The third-order valence-electron chi connectivity index (χ3n) is 4.33. The van der Waals surface area contributed by atoms with Gasteiger partial charge in [0.25, 0.3) is 0 Å². The maximum atomic E-state index is 11.7. The van der Waals surface area contributed by atoms with Gasteiger partial charge in [0, 0.05) is 11.8 Å². The number of rotatable bonds is 3. The molecule has 0 unspecified atom stereocenters. The van der Waals surface area contributed by atoms with Crippen LogP contribution in [0.25, 0.3) is 0 Å². The Morgan fingerprint density at radius 1 is 1.20 bits per heavy atom. The minimum atomic E-state index is 0.102. The fourth-order valence-corrected chi connectivity index (χ4v) is 3.56. The Morgan fingerprint density at radius 2 is 1.80 bits per heavy atom. The summed E-state index contributed by atoms with van der Waals surface area (Å²) >= 11 is 0. The fourth-order valence-electron chi connectivity index (χ4n) is 3.56. The van der Waals surface area contributed by atoms with E-state index in [1.807, 2.05) is 6.92 Å². The highest BCUT2D eigenvalue weighted by Gasteiger charge is 2.70.